The van der Waals surface area contributed by atoms with Crippen LogP contribution >= 0.6 is 11.6 Å². The van der Waals surface area contributed by atoms with E-state index in [1.807, 2.05) is 0 Å². The third kappa shape index (κ3) is 2.01. The van der Waals surface area contributed by atoms with E-state index in [0.29, 0.717) is 0 Å². The SMILES string of the molecule is FC(F)(F)c1cnc(-n2ccnc2)c(Cl)c1. The second-order valence-corrected chi connectivity index (χ2v) is 3.40. The van der Waals surface area contributed by atoms with Crippen LogP contribution in [0.5, 0.6) is 0 Å². The highest BCUT2D eigenvalue weighted by molar-refractivity contribution is 6.32. The molecule has 2 heterocycles. The molecule has 0 aliphatic carbocycles. The smallest absolute Gasteiger partial charge is 0.289 e. The zero-order valence-corrected chi connectivity index (χ0v) is 8.50. The third-order valence-corrected chi connectivity index (χ3v) is 2.18. The molecular formula is C9H5ClF3N3. The van der Waals surface area contributed by atoms with Crippen molar-refractivity contribution >= 4 is 11.6 Å². The number of hydrogen-bond donors (Lipinski definition) is 0. The van der Waals surface area contributed by atoms with Crippen molar-refractivity contribution in [2.24, 2.45) is 0 Å². The Balaban J connectivity index is 2.46. The van der Waals surface area contributed by atoms with Crippen LogP contribution in [0.1, 0.15) is 5.56 Å². The summed E-state index contributed by atoms with van der Waals surface area (Å²) >= 11 is 5.72. The molecule has 2 aromatic rings. The Morgan fingerprint density at radius 3 is 2.56 bits per heavy atom. The van der Waals surface area contributed by atoms with E-state index in [4.69, 9.17) is 11.6 Å². The van der Waals surface area contributed by atoms with Gasteiger partial charge in [0.15, 0.2) is 5.82 Å². The van der Waals surface area contributed by atoms with E-state index in [2.05, 4.69) is 9.97 Å². The van der Waals surface area contributed by atoms with Gasteiger partial charge >= 0.3 is 6.18 Å². The molecule has 0 unspecified atom stereocenters. The Morgan fingerprint density at radius 1 is 1.31 bits per heavy atom. The highest BCUT2D eigenvalue weighted by Gasteiger charge is 2.31. The van der Waals surface area contributed by atoms with Gasteiger partial charge in [-0.3, -0.25) is 4.57 Å². The van der Waals surface area contributed by atoms with Crippen LogP contribution in [0.4, 0.5) is 13.2 Å². The highest BCUT2D eigenvalue weighted by Crippen LogP contribution is 2.31. The number of pyridine rings is 1. The molecule has 2 aromatic heterocycles. The topological polar surface area (TPSA) is 30.7 Å². The Labute approximate surface area is 93.5 Å². The third-order valence-electron chi connectivity index (χ3n) is 1.90. The van der Waals surface area contributed by atoms with Crippen LogP contribution in [0.15, 0.2) is 31.0 Å². The lowest BCUT2D eigenvalue weighted by Gasteiger charge is -2.09. The van der Waals surface area contributed by atoms with Crippen molar-refractivity contribution in [1.29, 1.82) is 0 Å². The van der Waals surface area contributed by atoms with Gasteiger partial charge < -0.3 is 0 Å². The molecule has 3 nitrogen and oxygen atoms in total. The van der Waals surface area contributed by atoms with Crippen molar-refractivity contribution in [2.75, 3.05) is 0 Å². The first-order valence-electron chi connectivity index (χ1n) is 4.19. The molecule has 0 aromatic carbocycles. The van der Waals surface area contributed by atoms with Crippen LogP contribution in [0.25, 0.3) is 5.82 Å². The normalized spacial score (nSPS) is 11.8. The maximum absolute atomic E-state index is 12.3. The zero-order chi connectivity index (χ0) is 11.8. The molecule has 0 amide bonds. The summed E-state index contributed by atoms with van der Waals surface area (Å²) in [4.78, 5) is 7.41. The zero-order valence-electron chi connectivity index (χ0n) is 7.74. The van der Waals surface area contributed by atoms with E-state index in [0.717, 1.165) is 12.3 Å². The Bertz CT molecular complexity index is 493. The summed E-state index contributed by atoms with van der Waals surface area (Å²) in [7, 11) is 0. The van der Waals surface area contributed by atoms with E-state index >= 15 is 0 Å². The van der Waals surface area contributed by atoms with E-state index in [1.165, 1.54) is 17.1 Å². The van der Waals surface area contributed by atoms with E-state index in [-0.39, 0.29) is 10.8 Å². The summed E-state index contributed by atoms with van der Waals surface area (Å²) in [5.74, 6) is 0.215. The van der Waals surface area contributed by atoms with Gasteiger partial charge in [0.2, 0.25) is 0 Å². The van der Waals surface area contributed by atoms with E-state index in [1.54, 1.807) is 6.20 Å². The number of aromatic nitrogens is 3. The summed E-state index contributed by atoms with van der Waals surface area (Å²) in [6.07, 6.45) is 0.726. The van der Waals surface area contributed by atoms with Gasteiger partial charge in [0, 0.05) is 18.6 Å². The summed E-state index contributed by atoms with van der Waals surface area (Å²) in [6, 6.07) is 0.837. The fraction of sp³-hybridized carbons (Fsp3) is 0.111. The Hall–Kier alpha value is -1.56. The lowest BCUT2D eigenvalue weighted by Crippen LogP contribution is -2.07. The fourth-order valence-corrected chi connectivity index (χ4v) is 1.42. The molecule has 0 saturated heterocycles. The molecule has 0 fully saturated rings. The summed E-state index contributed by atoms with van der Waals surface area (Å²) in [5.41, 5.74) is -0.874. The van der Waals surface area contributed by atoms with Crippen LogP contribution in [0, 0.1) is 0 Å². The van der Waals surface area contributed by atoms with Gasteiger partial charge in [-0.2, -0.15) is 13.2 Å². The monoisotopic (exact) mass is 247 g/mol. The lowest BCUT2D eigenvalue weighted by atomic mass is 10.3. The minimum Gasteiger partial charge on any atom is -0.289 e. The first kappa shape index (κ1) is 10.9. The van der Waals surface area contributed by atoms with E-state index in [9.17, 15) is 13.2 Å². The Morgan fingerprint density at radius 2 is 2.06 bits per heavy atom. The van der Waals surface area contributed by atoms with Crippen molar-refractivity contribution in [3.05, 3.63) is 41.6 Å². The maximum Gasteiger partial charge on any atom is 0.417 e. The number of nitrogens with zero attached hydrogens (tertiary/aromatic N) is 3. The molecule has 0 atom stereocenters. The second-order valence-electron chi connectivity index (χ2n) is 3.00. The highest BCUT2D eigenvalue weighted by atomic mass is 35.5. The van der Waals surface area contributed by atoms with Crippen LogP contribution in [0.2, 0.25) is 5.02 Å². The minimum atomic E-state index is -4.44. The van der Waals surface area contributed by atoms with Crippen molar-refractivity contribution in [1.82, 2.24) is 14.5 Å². The predicted octanol–water partition coefficient (Wildman–Crippen LogP) is 2.94. The second kappa shape index (κ2) is 3.79. The molecule has 2 rings (SSSR count). The number of alkyl halides is 3. The molecule has 0 aliphatic rings. The summed E-state index contributed by atoms with van der Waals surface area (Å²) < 4.78 is 38.4. The Kier molecular flexibility index (Phi) is 2.59. The van der Waals surface area contributed by atoms with Crippen molar-refractivity contribution in [2.45, 2.75) is 6.18 Å². The lowest BCUT2D eigenvalue weighted by molar-refractivity contribution is -0.137. The molecule has 7 heteroatoms. The standard InChI is InChI=1S/C9H5ClF3N3/c10-7-3-6(9(11,12)13)4-15-8(7)16-2-1-14-5-16/h1-5H. The van der Waals surface area contributed by atoms with Gasteiger partial charge in [0.25, 0.3) is 0 Å². The quantitative estimate of drug-likeness (QED) is 0.776. The molecule has 0 radical (unpaired) electrons. The van der Waals surface area contributed by atoms with Gasteiger partial charge in [-0.25, -0.2) is 9.97 Å². The van der Waals surface area contributed by atoms with Crippen LogP contribution in [-0.4, -0.2) is 14.5 Å². The van der Waals surface area contributed by atoms with Crippen molar-refractivity contribution < 1.29 is 13.2 Å². The number of imidazole rings is 1. The number of halogens is 4. The number of hydrogen-bond acceptors (Lipinski definition) is 2. The van der Waals surface area contributed by atoms with Crippen molar-refractivity contribution in [3.8, 4) is 5.82 Å². The molecular weight excluding hydrogens is 243 g/mol. The van der Waals surface area contributed by atoms with Crippen LogP contribution < -0.4 is 0 Å². The first-order chi connectivity index (χ1) is 7.48. The fourth-order valence-electron chi connectivity index (χ4n) is 1.16. The van der Waals surface area contributed by atoms with Crippen LogP contribution in [0.3, 0.4) is 0 Å². The molecule has 16 heavy (non-hydrogen) atoms. The molecule has 0 spiro atoms. The molecule has 0 aliphatic heterocycles. The van der Waals surface area contributed by atoms with Gasteiger partial charge in [0.1, 0.15) is 6.33 Å². The van der Waals surface area contributed by atoms with E-state index < -0.39 is 11.7 Å². The minimum absolute atomic E-state index is 0.0761. The van der Waals surface area contributed by atoms with Gasteiger partial charge in [-0.15, -0.1) is 0 Å². The average Bonchev–Trinajstić information content (AvgIpc) is 2.69. The molecule has 0 N–H and O–H groups in total. The number of rotatable bonds is 1. The summed E-state index contributed by atoms with van der Waals surface area (Å²) in [6.45, 7) is 0. The first-order valence-corrected chi connectivity index (χ1v) is 4.57. The average molecular weight is 248 g/mol. The van der Waals surface area contributed by atoms with Gasteiger partial charge in [-0.1, -0.05) is 11.6 Å². The maximum atomic E-state index is 12.3. The largest absolute Gasteiger partial charge is 0.417 e. The van der Waals surface area contributed by atoms with Crippen LogP contribution in [-0.2, 0) is 6.18 Å². The predicted molar refractivity (Wildman–Crippen MR) is 51.4 cm³/mol. The molecule has 0 saturated carbocycles. The summed E-state index contributed by atoms with van der Waals surface area (Å²) in [5, 5.41) is -0.0761. The van der Waals surface area contributed by atoms with Gasteiger partial charge in [-0.05, 0) is 6.07 Å². The van der Waals surface area contributed by atoms with Crippen molar-refractivity contribution in [3.63, 3.8) is 0 Å². The van der Waals surface area contributed by atoms with Gasteiger partial charge in [0.05, 0.1) is 10.6 Å². The molecule has 84 valence electrons. The molecule has 0 bridgehead atoms.